The number of benzene rings is 1. The van der Waals surface area contributed by atoms with Crippen LogP contribution in [0.5, 0.6) is 0 Å². The molecule has 3 rings (SSSR count). The number of aryl methyl sites for hydroxylation is 1. The van der Waals surface area contributed by atoms with E-state index < -0.39 is 0 Å². The number of likely N-dealkylation sites (tertiary alicyclic amines) is 1. The molecule has 1 atom stereocenters. The van der Waals surface area contributed by atoms with Crippen molar-refractivity contribution in [2.45, 2.75) is 44.7 Å². The van der Waals surface area contributed by atoms with Gasteiger partial charge >= 0.3 is 5.97 Å². The van der Waals surface area contributed by atoms with E-state index in [-0.39, 0.29) is 12.0 Å². The van der Waals surface area contributed by atoms with Crippen LogP contribution in [0.1, 0.15) is 32.1 Å². The van der Waals surface area contributed by atoms with E-state index in [0.29, 0.717) is 5.82 Å². The van der Waals surface area contributed by atoms with Crippen molar-refractivity contribution in [2.75, 3.05) is 20.2 Å². The number of methoxy groups -OCH3 is 1. The van der Waals surface area contributed by atoms with E-state index in [0.717, 1.165) is 57.3 Å². The van der Waals surface area contributed by atoms with Gasteiger partial charge in [0.1, 0.15) is 6.04 Å². The molecule has 1 aliphatic rings. The number of unbranched alkanes of at least 4 members (excludes halogenated alkanes) is 2. The van der Waals surface area contributed by atoms with Crippen molar-refractivity contribution in [3.05, 3.63) is 30.3 Å². The maximum absolute atomic E-state index is 11.7. The molecule has 7 nitrogen and oxygen atoms in total. The maximum Gasteiger partial charge on any atom is 0.323 e. The lowest BCUT2D eigenvalue weighted by Gasteiger charge is -2.21. The Labute approximate surface area is 148 Å². The van der Waals surface area contributed by atoms with E-state index in [1.165, 1.54) is 7.11 Å². The molecule has 1 unspecified atom stereocenters. The first kappa shape index (κ1) is 17.5. The van der Waals surface area contributed by atoms with Gasteiger partial charge in [0.05, 0.1) is 13.7 Å². The van der Waals surface area contributed by atoms with Gasteiger partial charge in [-0.3, -0.25) is 9.69 Å². The summed E-state index contributed by atoms with van der Waals surface area (Å²) in [6, 6.07) is 9.82. The number of aromatic nitrogens is 4. The average Bonchev–Trinajstić information content (AvgIpc) is 3.31. The molecule has 7 heteroatoms. The van der Waals surface area contributed by atoms with Crippen LogP contribution >= 0.6 is 0 Å². The Morgan fingerprint density at radius 1 is 1.20 bits per heavy atom. The molecular weight excluding hydrogens is 318 g/mol. The van der Waals surface area contributed by atoms with Crippen LogP contribution in [0.15, 0.2) is 30.3 Å². The normalized spacial score (nSPS) is 17.7. The Kier molecular flexibility index (Phi) is 6.11. The number of rotatable bonds is 8. The van der Waals surface area contributed by atoms with Crippen LogP contribution in [-0.4, -0.2) is 57.3 Å². The van der Waals surface area contributed by atoms with Gasteiger partial charge in [0.15, 0.2) is 0 Å². The third-order valence-corrected chi connectivity index (χ3v) is 4.63. The summed E-state index contributed by atoms with van der Waals surface area (Å²) < 4.78 is 4.88. The van der Waals surface area contributed by atoms with Gasteiger partial charge < -0.3 is 4.74 Å². The molecule has 2 heterocycles. The van der Waals surface area contributed by atoms with E-state index in [1.807, 2.05) is 30.3 Å². The Hall–Kier alpha value is -2.28. The Bertz CT molecular complexity index is 673. The minimum atomic E-state index is -0.0993. The van der Waals surface area contributed by atoms with E-state index in [4.69, 9.17) is 4.74 Å². The van der Waals surface area contributed by atoms with Crippen LogP contribution in [-0.2, 0) is 16.1 Å². The molecule has 0 radical (unpaired) electrons. The molecule has 0 N–H and O–H groups in total. The lowest BCUT2D eigenvalue weighted by Crippen LogP contribution is -2.37. The van der Waals surface area contributed by atoms with Crippen molar-refractivity contribution in [3.63, 3.8) is 0 Å². The SMILES string of the molecule is COC(=O)C1CCCN1CCCCCn1nnc(-c2ccccc2)n1. The number of hydrogen-bond donors (Lipinski definition) is 0. The highest BCUT2D eigenvalue weighted by Crippen LogP contribution is 2.19. The summed E-state index contributed by atoms with van der Waals surface area (Å²) in [7, 11) is 1.47. The largest absolute Gasteiger partial charge is 0.468 e. The average molecular weight is 343 g/mol. The molecule has 1 aromatic heterocycles. The Morgan fingerprint density at radius 2 is 2.00 bits per heavy atom. The van der Waals surface area contributed by atoms with Crippen LogP contribution in [0, 0.1) is 0 Å². The van der Waals surface area contributed by atoms with Gasteiger partial charge in [-0.1, -0.05) is 36.8 Å². The summed E-state index contributed by atoms with van der Waals surface area (Å²) in [5.41, 5.74) is 0.983. The molecule has 0 amide bonds. The number of carbonyl (C=O) groups is 1. The molecule has 1 fully saturated rings. The summed E-state index contributed by atoms with van der Waals surface area (Å²) in [6.45, 7) is 2.70. The molecular formula is C18H25N5O2. The van der Waals surface area contributed by atoms with Gasteiger partial charge in [-0.05, 0) is 44.0 Å². The van der Waals surface area contributed by atoms with Crippen LogP contribution < -0.4 is 0 Å². The molecule has 134 valence electrons. The second kappa shape index (κ2) is 8.71. The van der Waals surface area contributed by atoms with Gasteiger partial charge in [0, 0.05) is 5.56 Å². The number of tetrazole rings is 1. The van der Waals surface area contributed by atoms with Crippen LogP contribution in [0.3, 0.4) is 0 Å². The Morgan fingerprint density at radius 3 is 2.80 bits per heavy atom. The van der Waals surface area contributed by atoms with Crippen molar-refractivity contribution < 1.29 is 9.53 Å². The third kappa shape index (κ3) is 4.63. The number of carbonyl (C=O) groups excluding carboxylic acids is 1. The summed E-state index contributed by atoms with van der Waals surface area (Å²) in [5.74, 6) is 0.566. The smallest absolute Gasteiger partial charge is 0.323 e. The fourth-order valence-electron chi connectivity index (χ4n) is 3.28. The fraction of sp³-hybridized carbons (Fsp3) is 0.556. The highest BCUT2D eigenvalue weighted by atomic mass is 16.5. The first-order valence-corrected chi connectivity index (χ1v) is 8.93. The van der Waals surface area contributed by atoms with Crippen molar-refractivity contribution in [1.29, 1.82) is 0 Å². The standard InChI is InChI=1S/C18H25N5O2/c1-25-18(24)16-11-8-13-22(16)12-6-3-7-14-23-20-17(19-21-23)15-9-4-2-5-10-15/h2,4-5,9-10,16H,3,6-8,11-14H2,1H3. The first-order chi connectivity index (χ1) is 12.3. The van der Waals surface area contributed by atoms with Crippen molar-refractivity contribution >= 4 is 5.97 Å². The van der Waals surface area contributed by atoms with Crippen LogP contribution in [0.4, 0.5) is 0 Å². The van der Waals surface area contributed by atoms with Crippen molar-refractivity contribution in [2.24, 2.45) is 0 Å². The van der Waals surface area contributed by atoms with Gasteiger partial charge in [-0.25, -0.2) is 0 Å². The Balaban J connectivity index is 1.38. The van der Waals surface area contributed by atoms with Crippen LogP contribution in [0.2, 0.25) is 0 Å². The lowest BCUT2D eigenvalue weighted by atomic mass is 10.2. The summed E-state index contributed by atoms with van der Waals surface area (Å²) in [6.07, 6.45) is 5.13. The zero-order chi connectivity index (χ0) is 17.5. The number of nitrogens with zero attached hydrogens (tertiary/aromatic N) is 5. The molecule has 1 aliphatic heterocycles. The second-order valence-electron chi connectivity index (χ2n) is 6.35. The predicted octanol–water partition coefficient (Wildman–Crippen LogP) is 2.15. The summed E-state index contributed by atoms with van der Waals surface area (Å²) in [4.78, 5) is 15.6. The maximum atomic E-state index is 11.7. The molecule has 1 saturated heterocycles. The number of hydrogen-bond acceptors (Lipinski definition) is 6. The van der Waals surface area contributed by atoms with Crippen molar-refractivity contribution in [3.8, 4) is 11.4 Å². The summed E-state index contributed by atoms with van der Waals surface area (Å²) >= 11 is 0. The monoisotopic (exact) mass is 343 g/mol. The van der Waals surface area contributed by atoms with E-state index in [2.05, 4.69) is 20.3 Å². The zero-order valence-corrected chi connectivity index (χ0v) is 14.7. The molecule has 0 saturated carbocycles. The number of esters is 1. The minimum absolute atomic E-state index is 0.0459. The highest BCUT2D eigenvalue weighted by Gasteiger charge is 2.30. The lowest BCUT2D eigenvalue weighted by molar-refractivity contribution is -0.145. The van der Waals surface area contributed by atoms with E-state index >= 15 is 0 Å². The quantitative estimate of drug-likeness (QED) is 0.540. The molecule has 0 aliphatic carbocycles. The first-order valence-electron chi connectivity index (χ1n) is 8.93. The number of ether oxygens (including phenoxy) is 1. The summed E-state index contributed by atoms with van der Waals surface area (Å²) in [5, 5.41) is 12.7. The fourth-order valence-corrected chi connectivity index (χ4v) is 3.28. The van der Waals surface area contributed by atoms with Crippen molar-refractivity contribution in [1.82, 2.24) is 25.1 Å². The molecule has 25 heavy (non-hydrogen) atoms. The molecule has 0 bridgehead atoms. The second-order valence-corrected chi connectivity index (χ2v) is 6.35. The van der Waals surface area contributed by atoms with E-state index in [1.54, 1.807) is 4.80 Å². The minimum Gasteiger partial charge on any atom is -0.468 e. The van der Waals surface area contributed by atoms with Gasteiger partial charge in [-0.15, -0.1) is 10.2 Å². The van der Waals surface area contributed by atoms with Crippen LogP contribution in [0.25, 0.3) is 11.4 Å². The topological polar surface area (TPSA) is 73.1 Å². The molecule has 1 aromatic carbocycles. The van der Waals surface area contributed by atoms with Gasteiger partial charge in [0.25, 0.3) is 0 Å². The van der Waals surface area contributed by atoms with Gasteiger partial charge in [-0.2, -0.15) is 4.80 Å². The van der Waals surface area contributed by atoms with E-state index in [9.17, 15) is 4.79 Å². The predicted molar refractivity (Wildman–Crippen MR) is 93.7 cm³/mol. The zero-order valence-electron chi connectivity index (χ0n) is 14.7. The highest BCUT2D eigenvalue weighted by molar-refractivity contribution is 5.75. The van der Waals surface area contributed by atoms with Gasteiger partial charge in [0.2, 0.25) is 5.82 Å². The molecule has 0 spiro atoms. The third-order valence-electron chi connectivity index (χ3n) is 4.63. The molecule has 2 aromatic rings.